The SMILES string of the molecule is O=C(NNC(=O)c1ccccc1Cl)c1ccc(NCc2ccccc2)c([N+](=O)[O-])c1. The molecule has 8 nitrogen and oxygen atoms in total. The van der Waals surface area contributed by atoms with Crippen molar-refractivity contribution in [3.63, 3.8) is 0 Å². The Hall–Kier alpha value is -3.91. The highest BCUT2D eigenvalue weighted by molar-refractivity contribution is 6.33. The Morgan fingerprint density at radius 1 is 0.900 bits per heavy atom. The maximum Gasteiger partial charge on any atom is 0.293 e. The quantitative estimate of drug-likeness (QED) is 0.409. The molecule has 152 valence electrons. The Balaban J connectivity index is 1.68. The van der Waals surface area contributed by atoms with Crippen molar-refractivity contribution in [2.75, 3.05) is 5.32 Å². The number of nitro benzene ring substituents is 1. The van der Waals surface area contributed by atoms with Gasteiger partial charge in [0.25, 0.3) is 17.5 Å². The third-order valence-electron chi connectivity index (χ3n) is 4.19. The summed E-state index contributed by atoms with van der Waals surface area (Å²) in [5, 5.41) is 14.7. The van der Waals surface area contributed by atoms with Gasteiger partial charge in [-0.1, -0.05) is 54.1 Å². The van der Waals surface area contributed by atoms with Crippen molar-refractivity contribution >= 4 is 34.8 Å². The lowest BCUT2D eigenvalue weighted by Crippen LogP contribution is -2.41. The van der Waals surface area contributed by atoms with Gasteiger partial charge in [-0.15, -0.1) is 0 Å². The van der Waals surface area contributed by atoms with E-state index in [1.54, 1.807) is 18.2 Å². The predicted octanol–water partition coefficient (Wildman–Crippen LogP) is 3.94. The molecule has 0 aliphatic rings. The average Bonchev–Trinajstić information content (AvgIpc) is 2.76. The Morgan fingerprint density at radius 2 is 1.57 bits per heavy atom. The number of halogens is 1. The van der Waals surface area contributed by atoms with E-state index in [9.17, 15) is 19.7 Å². The number of amides is 2. The van der Waals surface area contributed by atoms with Crippen LogP contribution in [0.15, 0.2) is 72.8 Å². The number of nitrogens with zero attached hydrogens (tertiary/aromatic N) is 1. The zero-order valence-corrected chi connectivity index (χ0v) is 16.3. The summed E-state index contributed by atoms with van der Waals surface area (Å²) in [6, 6.07) is 19.8. The van der Waals surface area contributed by atoms with E-state index in [1.807, 2.05) is 30.3 Å². The molecule has 0 unspecified atom stereocenters. The first kappa shape index (κ1) is 20.8. The summed E-state index contributed by atoms with van der Waals surface area (Å²) in [7, 11) is 0. The standard InChI is InChI=1S/C21H17ClN4O4/c22-17-9-5-4-8-16(17)21(28)25-24-20(27)15-10-11-18(19(12-15)26(29)30)23-13-14-6-2-1-3-7-14/h1-12,23H,13H2,(H,24,27)(H,25,28). The fourth-order valence-corrected chi connectivity index (χ4v) is 2.89. The van der Waals surface area contributed by atoms with Gasteiger partial charge in [-0.2, -0.15) is 0 Å². The summed E-state index contributed by atoms with van der Waals surface area (Å²) in [6.07, 6.45) is 0. The summed E-state index contributed by atoms with van der Waals surface area (Å²) >= 11 is 5.94. The number of hydrazine groups is 1. The smallest absolute Gasteiger partial charge is 0.293 e. The van der Waals surface area contributed by atoms with Gasteiger partial charge in [0, 0.05) is 18.2 Å². The number of nitro groups is 1. The molecule has 3 rings (SSSR count). The maximum atomic E-state index is 12.3. The molecule has 0 fully saturated rings. The normalized spacial score (nSPS) is 10.2. The van der Waals surface area contributed by atoms with Gasteiger partial charge in [0.2, 0.25) is 0 Å². The molecular weight excluding hydrogens is 408 g/mol. The predicted molar refractivity (Wildman–Crippen MR) is 113 cm³/mol. The van der Waals surface area contributed by atoms with E-state index in [2.05, 4.69) is 16.2 Å². The minimum Gasteiger partial charge on any atom is -0.375 e. The van der Waals surface area contributed by atoms with Crippen LogP contribution in [-0.4, -0.2) is 16.7 Å². The highest BCUT2D eigenvalue weighted by Crippen LogP contribution is 2.26. The second-order valence-corrected chi connectivity index (χ2v) is 6.62. The molecule has 3 aromatic rings. The van der Waals surface area contributed by atoms with Crippen LogP contribution in [0.25, 0.3) is 0 Å². The molecule has 3 aromatic carbocycles. The number of hydrogen-bond acceptors (Lipinski definition) is 5. The van der Waals surface area contributed by atoms with Crippen molar-refractivity contribution in [3.05, 3.63) is 105 Å². The minimum absolute atomic E-state index is 0.0198. The van der Waals surface area contributed by atoms with Gasteiger partial charge in [0.15, 0.2) is 0 Å². The largest absolute Gasteiger partial charge is 0.375 e. The van der Waals surface area contributed by atoms with Crippen LogP contribution in [0.5, 0.6) is 0 Å². The summed E-state index contributed by atoms with van der Waals surface area (Å²) in [5.74, 6) is -1.31. The van der Waals surface area contributed by atoms with Crippen LogP contribution in [0, 0.1) is 10.1 Å². The third-order valence-corrected chi connectivity index (χ3v) is 4.52. The molecule has 0 atom stereocenters. The zero-order valence-electron chi connectivity index (χ0n) is 15.6. The molecule has 0 saturated carbocycles. The van der Waals surface area contributed by atoms with Crippen molar-refractivity contribution in [3.8, 4) is 0 Å². The van der Waals surface area contributed by atoms with E-state index in [1.165, 1.54) is 18.2 Å². The van der Waals surface area contributed by atoms with Crippen molar-refractivity contribution in [2.24, 2.45) is 0 Å². The zero-order chi connectivity index (χ0) is 21.5. The van der Waals surface area contributed by atoms with Crippen LogP contribution in [0.4, 0.5) is 11.4 Å². The van der Waals surface area contributed by atoms with E-state index in [-0.39, 0.29) is 27.5 Å². The molecule has 3 N–H and O–H groups in total. The number of hydrogen-bond donors (Lipinski definition) is 3. The second-order valence-electron chi connectivity index (χ2n) is 6.22. The average molecular weight is 425 g/mol. The molecule has 0 bridgehead atoms. The topological polar surface area (TPSA) is 113 Å². The van der Waals surface area contributed by atoms with Crippen LogP contribution in [-0.2, 0) is 6.54 Å². The highest BCUT2D eigenvalue weighted by atomic mass is 35.5. The molecule has 0 heterocycles. The Bertz CT molecular complexity index is 1090. The van der Waals surface area contributed by atoms with Crippen LogP contribution in [0.3, 0.4) is 0 Å². The third kappa shape index (κ3) is 5.12. The monoisotopic (exact) mass is 424 g/mol. The Kier molecular flexibility index (Phi) is 6.61. The van der Waals surface area contributed by atoms with Gasteiger partial charge in [0.1, 0.15) is 5.69 Å². The van der Waals surface area contributed by atoms with Crippen molar-refractivity contribution in [1.29, 1.82) is 0 Å². The highest BCUT2D eigenvalue weighted by Gasteiger charge is 2.18. The van der Waals surface area contributed by atoms with Crippen LogP contribution >= 0.6 is 11.6 Å². The minimum atomic E-state index is -0.701. The van der Waals surface area contributed by atoms with Gasteiger partial charge in [0.05, 0.1) is 15.5 Å². The Labute approximate surface area is 177 Å². The molecule has 30 heavy (non-hydrogen) atoms. The number of benzene rings is 3. The van der Waals surface area contributed by atoms with Crippen molar-refractivity contribution < 1.29 is 14.5 Å². The second kappa shape index (κ2) is 9.53. The lowest BCUT2D eigenvalue weighted by molar-refractivity contribution is -0.384. The number of anilines is 1. The summed E-state index contributed by atoms with van der Waals surface area (Å²) < 4.78 is 0. The first-order chi connectivity index (χ1) is 14.5. The molecular formula is C21H17ClN4O4. The van der Waals surface area contributed by atoms with Crippen LogP contribution in [0.1, 0.15) is 26.3 Å². The van der Waals surface area contributed by atoms with Gasteiger partial charge < -0.3 is 5.32 Å². The fourth-order valence-electron chi connectivity index (χ4n) is 2.66. The van der Waals surface area contributed by atoms with Gasteiger partial charge >= 0.3 is 0 Å². The van der Waals surface area contributed by atoms with Crippen molar-refractivity contribution in [2.45, 2.75) is 6.54 Å². The molecule has 0 aliphatic carbocycles. The molecule has 0 radical (unpaired) electrons. The summed E-state index contributed by atoms with van der Waals surface area (Å²) in [4.78, 5) is 35.3. The molecule has 0 saturated heterocycles. The van der Waals surface area contributed by atoms with E-state index >= 15 is 0 Å². The van der Waals surface area contributed by atoms with Gasteiger partial charge in [-0.05, 0) is 29.8 Å². The molecule has 2 amide bonds. The van der Waals surface area contributed by atoms with E-state index in [0.717, 1.165) is 11.6 Å². The summed E-state index contributed by atoms with van der Waals surface area (Å²) in [5.41, 5.74) is 5.65. The number of carbonyl (C=O) groups excluding carboxylic acids is 2. The first-order valence-electron chi connectivity index (χ1n) is 8.87. The van der Waals surface area contributed by atoms with E-state index < -0.39 is 16.7 Å². The lowest BCUT2D eigenvalue weighted by Gasteiger charge is -2.10. The van der Waals surface area contributed by atoms with E-state index in [0.29, 0.717) is 6.54 Å². The lowest BCUT2D eigenvalue weighted by atomic mass is 10.1. The fraction of sp³-hybridized carbons (Fsp3) is 0.0476. The molecule has 0 aliphatic heterocycles. The maximum absolute atomic E-state index is 12.3. The molecule has 9 heteroatoms. The number of rotatable bonds is 6. The van der Waals surface area contributed by atoms with Gasteiger partial charge in [-0.3, -0.25) is 30.6 Å². The molecule has 0 aromatic heterocycles. The number of nitrogens with one attached hydrogen (secondary N) is 3. The van der Waals surface area contributed by atoms with Crippen LogP contribution < -0.4 is 16.2 Å². The van der Waals surface area contributed by atoms with Crippen molar-refractivity contribution in [1.82, 2.24) is 10.9 Å². The Morgan fingerprint density at radius 3 is 2.27 bits per heavy atom. The van der Waals surface area contributed by atoms with E-state index in [4.69, 9.17) is 11.6 Å². The number of carbonyl (C=O) groups is 2. The summed E-state index contributed by atoms with van der Waals surface area (Å²) in [6.45, 7) is 0.390. The van der Waals surface area contributed by atoms with Gasteiger partial charge in [-0.25, -0.2) is 0 Å². The van der Waals surface area contributed by atoms with Crippen LogP contribution in [0.2, 0.25) is 5.02 Å². The molecule has 0 spiro atoms. The first-order valence-corrected chi connectivity index (χ1v) is 9.25.